The minimum absolute atomic E-state index is 0.699. The van der Waals surface area contributed by atoms with Crippen molar-refractivity contribution < 1.29 is 0 Å². The van der Waals surface area contributed by atoms with E-state index < -0.39 is 28.7 Å². The first kappa shape index (κ1) is 10.8. The Morgan fingerprint density at radius 2 is 0.900 bits per heavy atom. The summed E-state index contributed by atoms with van der Waals surface area (Å²) >= 11 is -1.40. The molecule has 10 heavy (non-hydrogen) atoms. The molecule has 2 radical (unpaired) electrons. The summed E-state index contributed by atoms with van der Waals surface area (Å²) in [5.74, 6) is 9.78. The fourth-order valence-corrected chi connectivity index (χ4v) is 9.35. The molecule has 0 heterocycles. The van der Waals surface area contributed by atoms with E-state index in [9.17, 15) is 0 Å². The van der Waals surface area contributed by atoms with Gasteiger partial charge in [0.1, 0.15) is 0 Å². The van der Waals surface area contributed by atoms with Crippen LogP contribution in [0.4, 0.5) is 0 Å². The van der Waals surface area contributed by atoms with Gasteiger partial charge < -0.3 is 0 Å². The zero-order valence-electron chi connectivity index (χ0n) is 8.00. The minimum atomic E-state index is -0.699. The van der Waals surface area contributed by atoms with Crippen molar-refractivity contribution >= 4 is 28.7 Å². The Hall–Kier alpha value is 0.826. The second-order valence-corrected chi connectivity index (χ2v) is 14.8. The molecule has 0 atom stereocenters. The van der Waals surface area contributed by atoms with Gasteiger partial charge >= 0.3 is 74.4 Å². The van der Waals surface area contributed by atoms with E-state index in [-0.39, 0.29) is 0 Å². The monoisotopic (exact) mass is 262 g/mol. The van der Waals surface area contributed by atoms with E-state index in [1.165, 1.54) is 0 Å². The molecule has 0 unspecified atom stereocenters. The third kappa shape index (κ3) is 3.29. The van der Waals surface area contributed by atoms with Crippen LogP contribution in [0.15, 0.2) is 8.81 Å². The first-order chi connectivity index (χ1) is 4.46. The number of hydrogen-bond donors (Lipinski definition) is 0. The number of allylic oxidation sites excluding steroid dienone is 2. The second kappa shape index (κ2) is 4.65. The molecule has 0 nitrogen and oxygen atoms in total. The number of rotatable bonds is 2. The van der Waals surface area contributed by atoms with Crippen LogP contribution in [-0.4, -0.2) is 28.7 Å². The Kier molecular flexibility index (Phi) is 5.04. The summed E-state index contributed by atoms with van der Waals surface area (Å²) in [6.07, 6.45) is 0. The van der Waals surface area contributed by atoms with Crippen LogP contribution in [-0.2, 0) is 0 Å². The van der Waals surface area contributed by atoms with Crippen LogP contribution in [0, 0.1) is 0 Å². The average molecular weight is 259 g/mol. The van der Waals surface area contributed by atoms with Crippen LogP contribution >= 0.6 is 0 Å². The molecule has 0 amide bonds. The molecule has 2 heteroatoms. The van der Waals surface area contributed by atoms with E-state index >= 15 is 0 Å². The van der Waals surface area contributed by atoms with Crippen molar-refractivity contribution in [1.29, 1.82) is 0 Å². The molecule has 0 aliphatic heterocycles. The van der Waals surface area contributed by atoms with Crippen molar-refractivity contribution in [2.24, 2.45) is 0 Å². The SMILES string of the molecule is C/[C](=[C](/C)[Ge]([CH3])[CH3])[Ge]([CH3])[CH3]. The fourth-order valence-electron chi connectivity index (χ4n) is 0.750. The Bertz CT molecular complexity index is 118. The molecule has 0 bridgehead atoms. The van der Waals surface area contributed by atoms with Crippen molar-refractivity contribution in [3.63, 3.8) is 0 Å². The van der Waals surface area contributed by atoms with Crippen LogP contribution in [0.25, 0.3) is 0 Å². The second-order valence-electron chi connectivity index (χ2n) is 3.25. The van der Waals surface area contributed by atoms with Gasteiger partial charge in [-0.15, -0.1) is 0 Å². The predicted molar refractivity (Wildman–Crippen MR) is 53.3 cm³/mol. The third-order valence-electron chi connectivity index (χ3n) is 2.06. The molecule has 0 saturated carbocycles. The Morgan fingerprint density at radius 1 is 0.700 bits per heavy atom. The van der Waals surface area contributed by atoms with E-state index in [0.717, 1.165) is 0 Å². The van der Waals surface area contributed by atoms with Crippen molar-refractivity contribution in [2.45, 2.75) is 36.9 Å². The summed E-state index contributed by atoms with van der Waals surface area (Å²) in [5.41, 5.74) is 0. The molecule has 0 aromatic rings. The van der Waals surface area contributed by atoms with Gasteiger partial charge in [0.15, 0.2) is 0 Å². The predicted octanol–water partition coefficient (Wildman–Crippen LogP) is 2.91. The van der Waals surface area contributed by atoms with Crippen LogP contribution in [0.3, 0.4) is 0 Å². The zero-order valence-corrected chi connectivity index (χ0v) is 12.2. The maximum absolute atomic E-state index is 2.44. The van der Waals surface area contributed by atoms with Gasteiger partial charge in [-0.1, -0.05) is 0 Å². The molecule has 0 aromatic heterocycles. The molecular weight excluding hydrogens is 241 g/mol. The van der Waals surface area contributed by atoms with E-state index in [0.29, 0.717) is 0 Å². The normalized spacial score (nSPS) is 14.4. The zero-order chi connectivity index (χ0) is 8.31. The molecule has 0 fully saturated rings. The standard InChI is InChI=1S/C8H18Ge2/c1-7(9(3)4)8(2)10(5)6/h1-6H3/b8-7+. The van der Waals surface area contributed by atoms with Gasteiger partial charge in [0.2, 0.25) is 0 Å². The maximum atomic E-state index is 2.44. The molecule has 0 aliphatic carbocycles. The Labute approximate surface area is 74.3 Å². The summed E-state index contributed by atoms with van der Waals surface area (Å²) in [6, 6.07) is 0. The van der Waals surface area contributed by atoms with Crippen LogP contribution < -0.4 is 0 Å². The number of hydrogen-bond acceptors (Lipinski definition) is 0. The van der Waals surface area contributed by atoms with Gasteiger partial charge in [-0.05, 0) is 0 Å². The van der Waals surface area contributed by atoms with Gasteiger partial charge in [-0.2, -0.15) is 0 Å². The van der Waals surface area contributed by atoms with E-state index in [1.807, 2.05) is 0 Å². The summed E-state index contributed by atoms with van der Waals surface area (Å²) < 4.78 is 3.58. The third-order valence-corrected chi connectivity index (χ3v) is 11.0. The van der Waals surface area contributed by atoms with E-state index in [4.69, 9.17) is 0 Å². The van der Waals surface area contributed by atoms with Gasteiger partial charge in [0.25, 0.3) is 0 Å². The Balaban J connectivity index is 4.34. The van der Waals surface area contributed by atoms with Crippen molar-refractivity contribution in [3.05, 3.63) is 8.81 Å². The molecule has 0 aromatic carbocycles. The molecular formula is C8H18Ge2. The van der Waals surface area contributed by atoms with Crippen molar-refractivity contribution in [3.8, 4) is 0 Å². The fraction of sp³-hybridized carbons (Fsp3) is 0.750. The van der Waals surface area contributed by atoms with Crippen LogP contribution in [0.1, 0.15) is 13.8 Å². The molecule has 0 saturated heterocycles. The van der Waals surface area contributed by atoms with Crippen LogP contribution in [0.5, 0.6) is 0 Å². The summed E-state index contributed by atoms with van der Waals surface area (Å²) in [7, 11) is 0. The van der Waals surface area contributed by atoms with Gasteiger partial charge in [-0.3, -0.25) is 0 Å². The molecule has 0 spiro atoms. The van der Waals surface area contributed by atoms with Crippen molar-refractivity contribution in [1.82, 2.24) is 0 Å². The van der Waals surface area contributed by atoms with Crippen LogP contribution in [0.2, 0.25) is 23.0 Å². The van der Waals surface area contributed by atoms with Gasteiger partial charge in [-0.25, -0.2) is 0 Å². The first-order valence-corrected chi connectivity index (χ1v) is 14.2. The van der Waals surface area contributed by atoms with E-state index in [1.54, 1.807) is 8.81 Å². The van der Waals surface area contributed by atoms with Crippen molar-refractivity contribution in [2.75, 3.05) is 0 Å². The Morgan fingerprint density at radius 3 is 1.00 bits per heavy atom. The first-order valence-electron chi connectivity index (χ1n) is 3.75. The molecule has 58 valence electrons. The summed E-state index contributed by atoms with van der Waals surface area (Å²) in [4.78, 5) is 0. The quantitative estimate of drug-likeness (QED) is 0.669. The average Bonchev–Trinajstić information content (AvgIpc) is 1.84. The summed E-state index contributed by atoms with van der Waals surface area (Å²) in [5, 5.41) is 0. The molecule has 0 rings (SSSR count). The molecule has 0 aliphatic rings. The molecule has 0 N–H and O–H groups in total. The summed E-state index contributed by atoms with van der Waals surface area (Å²) in [6.45, 7) is 4.70. The topological polar surface area (TPSA) is 0 Å². The van der Waals surface area contributed by atoms with E-state index in [2.05, 4.69) is 36.9 Å². The van der Waals surface area contributed by atoms with Gasteiger partial charge in [0.05, 0.1) is 0 Å². The van der Waals surface area contributed by atoms with Gasteiger partial charge in [0, 0.05) is 0 Å².